The van der Waals surface area contributed by atoms with Gasteiger partial charge in [-0.15, -0.1) is 0 Å². The van der Waals surface area contributed by atoms with Crippen molar-refractivity contribution in [3.63, 3.8) is 0 Å². The van der Waals surface area contributed by atoms with E-state index in [-0.39, 0.29) is 17.2 Å². The molecule has 8 nitrogen and oxygen atoms in total. The van der Waals surface area contributed by atoms with Crippen LogP contribution in [-0.4, -0.2) is 57.4 Å². The number of hydrogen-bond acceptors (Lipinski definition) is 5. The van der Waals surface area contributed by atoms with Crippen molar-refractivity contribution < 1.29 is 14.0 Å². The quantitative estimate of drug-likeness (QED) is 0.234. The van der Waals surface area contributed by atoms with Gasteiger partial charge in [0.1, 0.15) is 16.4 Å². The Hall–Kier alpha value is -2.36. The molecule has 208 valence electrons. The van der Waals surface area contributed by atoms with E-state index >= 15 is 0 Å². The number of carbonyl (C=O) groups is 1. The third kappa shape index (κ3) is 5.94. The molecule has 4 rings (SSSR count). The Morgan fingerprint density at radius 3 is 2.53 bits per heavy atom. The van der Waals surface area contributed by atoms with Gasteiger partial charge >= 0.3 is 6.09 Å². The predicted molar refractivity (Wildman–Crippen MR) is 155 cm³/mol. The third-order valence-corrected chi connectivity index (χ3v) is 12.4. The molecule has 0 fully saturated rings. The summed E-state index contributed by atoms with van der Waals surface area (Å²) in [5.74, 6) is 0. The van der Waals surface area contributed by atoms with Gasteiger partial charge in [-0.25, -0.2) is 9.78 Å². The molecule has 1 amide bonds. The van der Waals surface area contributed by atoms with Crippen LogP contribution in [0.4, 0.5) is 4.79 Å². The first-order valence-corrected chi connectivity index (χ1v) is 16.7. The van der Waals surface area contributed by atoms with Gasteiger partial charge in [0.25, 0.3) is 0 Å². The van der Waals surface area contributed by atoms with E-state index in [4.69, 9.17) is 25.9 Å². The predicted octanol–water partition coefficient (Wildman–Crippen LogP) is 7.28. The third-order valence-electron chi connectivity index (χ3n) is 7.69. The minimum absolute atomic E-state index is 0.118. The van der Waals surface area contributed by atoms with E-state index in [0.29, 0.717) is 31.4 Å². The summed E-state index contributed by atoms with van der Waals surface area (Å²) in [5, 5.41) is 6.67. The molecule has 0 bridgehead atoms. The summed E-state index contributed by atoms with van der Waals surface area (Å²) < 4.78 is 16.3. The van der Waals surface area contributed by atoms with Crippen molar-refractivity contribution in [3.05, 3.63) is 35.2 Å². The number of halogens is 1. The van der Waals surface area contributed by atoms with Crippen LogP contribution in [0.2, 0.25) is 23.3 Å². The van der Waals surface area contributed by atoms with Gasteiger partial charge in [-0.3, -0.25) is 4.68 Å². The fraction of sp³-hybridized carbons (Fsp3) is 0.607. The molecule has 0 aliphatic carbocycles. The van der Waals surface area contributed by atoms with Crippen LogP contribution in [-0.2, 0) is 22.3 Å². The molecule has 1 atom stereocenters. The zero-order valence-electron chi connectivity index (χ0n) is 24.3. The van der Waals surface area contributed by atoms with E-state index in [9.17, 15) is 4.79 Å². The highest BCUT2D eigenvalue weighted by atomic mass is 35.5. The standard InChI is InChI=1S/C28H42ClN5O3Si/c1-19(12-15-36-38(8,9)28(5,6)7)34-23-16-24(29)30-17-21(23)25(31-34)22-11-10-20-18-32(13-14-33(20)22)26(35)37-27(2,3)4/h10-11,16-17,19H,12-15,18H2,1-9H3/t19-/m0/s1. The lowest BCUT2D eigenvalue weighted by molar-refractivity contribution is 0.0199. The lowest BCUT2D eigenvalue weighted by Gasteiger charge is -2.36. The van der Waals surface area contributed by atoms with E-state index < -0.39 is 13.9 Å². The van der Waals surface area contributed by atoms with Gasteiger partial charge in [-0.2, -0.15) is 5.10 Å². The fourth-order valence-corrected chi connectivity index (χ4v) is 5.67. The van der Waals surface area contributed by atoms with Gasteiger partial charge in [0.05, 0.1) is 23.8 Å². The van der Waals surface area contributed by atoms with Gasteiger partial charge in [0, 0.05) is 43.0 Å². The van der Waals surface area contributed by atoms with Crippen LogP contribution in [0, 0.1) is 0 Å². The number of nitrogens with zero attached hydrogens (tertiary/aromatic N) is 5. The summed E-state index contributed by atoms with van der Waals surface area (Å²) in [7, 11) is -1.82. The maximum absolute atomic E-state index is 12.6. The van der Waals surface area contributed by atoms with Crippen LogP contribution in [0.5, 0.6) is 0 Å². The Labute approximate surface area is 232 Å². The van der Waals surface area contributed by atoms with Crippen LogP contribution in [0.3, 0.4) is 0 Å². The van der Waals surface area contributed by atoms with Crippen molar-refractivity contribution >= 4 is 36.9 Å². The Kier molecular flexibility index (Phi) is 7.77. The van der Waals surface area contributed by atoms with Crippen molar-refractivity contribution in [2.45, 2.75) is 97.8 Å². The second-order valence-corrected chi connectivity index (χ2v) is 18.0. The number of rotatable bonds is 6. The number of amides is 1. The molecule has 0 aromatic carbocycles. The zero-order valence-corrected chi connectivity index (χ0v) is 26.0. The molecule has 0 spiro atoms. The Bertz CT molecular complexity index is 1320. The van der Waals surface area contributed by atoms with Crippen LogP contribution >= 0.6 is 11.6 Å². The number of hydrogen-bond donors (Lipinski definition) is 0. The molecule has 1 aliphatic heterocycles. The Morgan fingerprint density at radius 2 is 1.87 bits per heavy atom. The summed E-state index contributed by atoms with van der Waals surface area (Å²) in [4.78, 5) is 18.8. The molecular formula is C28H42ClN5O3Si. The largest absolute Gasteiger partial charge is 0.444 e. The van der Waals surface area contributed by atoms with Gasteiger partial charge in [0.2, 0.25) is 0 Å². The minimum Gasteiger partial charge on any atom is -0.444 e. The highest BCUT2D eigenvalue weighted by molar-refractivity contribution is 6.74. The molecule has 4 heterocycles. The van der Waals surface area contributed by atoms with Crippen LogP contribution in [0.1, 0.15) is 66.6 Å². The summed E-state index contributed by atoms with van der Waals surface area (Å²) in [6, 6.07) is 6.16. The maximum Gasteiger partial charge on any atom is 0.410 e. The van der Waals surface area contributed by atoms with Crippen molar-refractivity contribution in [2.75, 3.05) is 13.2 Å². The van der Waals surface area contributed by atoms with Gasteiger partial charge in [-0.05, 0) is 64.4 Å². The first kappa shape index (κ1) is 28.6. The van der Waals surface area contributed by atoms with Crippen molar-refractivity contribution in [1.29, 1.82) is 0 Å². The molecule has 10 heteroatoms. The summed E-state index contributed by atoms with van der Waals surface area (Å²) in [5.41, 5.74) is 3.38. The van der Waals surface area contributed by atoms with Gasteiger partial charge < -0.3 is 18.6 Å². The molecule has 0 N–H and O–H groups in total. The monoisotopic (exact) mass is 559 g/mol. The minimum atomic E-state index is -1.82. The van der Waals surface area contributed by atoms with E-state index in [0.717, 1.165) is 34.4 Å². The van der Waals surface area contributed by atoms with Gasteiger partial charge in [-0.1, -0.05) is 32.4 Å². The number of pyridine rings is 1. The second-order valence-electron chi connectivity index (χ2n) is 12.8. The SMILES string of the molecule is C[C@@H](CCO[Si](C)(C)C(C)(C)C)n1nc(-c2ccc3n2CCN(C(=O)OC(C)(C)C)C3)c2cnc(Cl)cc21. The summed E-state index contributed by atoms with van der Waals surface area (Å²) in [6.45, 7) is 21.6. The molecule has 0 saturated carbocycles. The Balaban J connectivity index is 1.59. The maximum atomic E-state index is 12.6. The van der Waals surface area contributed by atoms with Crippen molar-refractivity contribution in [1.82, 2.24) is 24.2 Å². The molecule has 3 aromatic rings. The highest BCUT2D eigenvalue weighted by Gasteiger charge is 2.37. The van der Waals surface area contributed by atoms with Crippen LogP contribution in [0.15, 0.2) is 24.4 Å². The van der Waals surface area contributed by atoms with E-state index in [2.05, 4.69) is 67.2 Å². The molecule has 38 heavy (non-hydrogen) atoms. The van der Waals surface area contributed by atoms with Crippen LogP contribution < -0.4 is 0 Å². The van der Waals surface area contributed by atoms with Crippen molar-refractivity contribution in [3.8, 4) is 11.4 Å². The highest BCUT2D eigenvalue weighted by Crippen LogP contribution is 2.37. The number of aromatic nitrogens is 4. The van der Waals surface area contributed by atoms with Gasteiger partial charge in [0.15, 0.2) is 8.32 Å². The fourth-order valence-electron chi connectivity index (χ4n) is 4.45. The lowest BCUT2D eigenvalue weighted by Crippen LogP contribution is -2.41. The lowest BCUT2D eigenvalue weighted by atomic mass is 10.2. The van der Waals surface area contributed by atoms with E-state index in [1.807, 2.05) is 33.0 Å². The number of ether oxygens (including phenoxy) is 1. The van der Waals surface area contributed by atoms with Crippen LogP contribution in [0.25, 0.3) is 22.3 Å². The smallest absolute Gasteiger partial charge is 0.410 e. The average Bonchev–Trinajstić information content (AvgIpc) is 3.37. The van der Waals surface area contributed by atoms with E-state index in [1.165, 1.54) is 0 Å². The topological polar surface area (TPSA) is 74.4 Å². The molecule has 0 unspecified atom stereocenters. The Morgan fingerprint density at radius 1 is 1.16 bits per heavy atom. The summed E-state index contributed by atoms with van der Waals surface area (Å²) >= 11 is 6.32. The first-order chi connectivity index (χ1) is 17.6. The molecule has 0 radical (unpaired) electrons. The summed E-state index contributed by atoms with van der Waals surface area (Å²) in [6.07, 6.45) is 2.37. The zero-order chi connectivity index (χ0) is 28.0. The molecular weight excluding hydrogens is 518 g/mol. The normalized spacial score (nSPS) is 15.6. The van der Waals surface area contributed by atoms with E-state index in [1.54, 1.807) is 4.90 Å². The second kappa shape index (κ2) is 10.3. The molecule has 3 aromatic heterocycles. The number of fused-ring (bicyclic) bond motifs is 2. The number of carbonyl (C=O) groups excluding carboxylic acids is 1. The first-order valence-electron chi connectivity index (χ1n) is 13.4. The average molecular weight is 560 g/mol. The molecule has 0 saturated heterocycles. The van der Waals surface area contributed by atoms with Crippen molar-refractivity contribution in [2.24, 2.45) is 0 Å². The molecule has 1 aliphatic rings.